The Bertz CT molecular complexity index is 347. The maximum Gasteiger partial charge on any atom is 0.168 e. The van der Waals surface area contributed by atoms with E-state index in [1.165, 1.54) is 24.0 Å². The third-order valence-corrected chi connectivity index (χ3v) is 2.47. The Morgan fingerprint density at radius 3 is 2.73 bits per heavy atom. The molecule has 0 aliphatic heterocycles. The molecule has 1 rings (SSSR count). The molecule has 1 aromatic rings. The van der Waals surface area contributed by atoms with Crippen LogP contribution in [-0.2, 0) is 6.42 Å². The van der Waals surface area contributed by atoms with Gasteiger partial charge in [-0.05, 0) is 49.2 Å². The molecule has 15 heavy (non-hydrogen) atoms. The first-order chi connectivity index (χ1) is 7.13. The van der Waals surface area contributed by atoms with Crippen LogP contribution in [-0.4, -0.2) is 5.11 Å². The second kappa shape index (κ2) is 5.71. The maximum atomic E-state index is 5.43. The van der Waals surface area contributed by atoms with E-state index in [9.17, 15) is 0 Å². The third kappa shape index (κ3) is 3.88. The van der Waals surface area contributed by atoms with Crippen molar-refractivity contribution in [2.45, 2.75) is 33.1 Å². The average molecular weight is 222 g/mol. The molecule has 0 aliphatic carbocycles. The molecule has 0 heterocycles. The molecular weight excluding hydrogens is 204 g/mol. The second-order valence-corrected chi connectivity index (χ2v) is 4.18. The van der Waals surface area contributed by atoms with Crippen molar-refractivity contribution in [3.8, 4) is 0 Å². The van der Waals surface area contributed by atoms with Crippen LogP contribution in [0.15, 0.2) is 18.2 Å². The lowest BCUT2D eigenvalue weighted by atomic mass is 10.0. The van der Waals surface area contributed by atoms with Gasteiger partial charge in [-0.1, -0.05) is 25.5 Å². The highest BCUT2D eigenvalue weighted by atomic mass is 32.1. The zero-order valence-electron chi connectivity index (χ0n) is 9.34. The summed E-state index contributed by atoms with van der Waals surface area (Å²) in [6.45, 7) is 4.27. The summed E-state index contributed by atoms with van der Waals surface area (Å²) in [4.78, 5) is 0. The van der Waals surface area contributed by atoms with Crippen molar-refractivity contribution in [1.82, 2.24) is 0 Å². The van der Waals surface area contributed by atoms with E-state index in [-0.39, 0.29) is 0 Å². The van der Waals surface area contributed by atoms with Gasteiger partial charge >= 0.3 is 0 Å². The summed E-state index contributed by atoms with van der Waals surface area (Å²) in [5.74, 6) is 0. The quantitative estimate of drug-likeness (QED) is 0.769. The number of nitrogens with two attached hydrogens (primary N) is 1. The molecule has 0 saturated heterocycles. The number of hydrogen-bond donors (Lipinski definition) is 2. The molecule has 0 unspecified atom stereocenters. The van der Waals surface area contributed by atoms with Gasteiger partial charge in [0.2, 0.25) is 0 Å². The summed E-state index contributed by atoms with van der Waals surface area (Å²) in [6, 6.07) is 6.36. The molecule has 0 aliphatic rings. The van der Waals surface area contributed by atoms with Crippen molar-refractivity contribution < 1.29 is 0 Å². The fourth-order valence-electron chi connectivity index (χ4n) is 1.54. The van der Waals surface area contributed by atoms with Crippen LogP contribution in [0, 0.1) is 6.92 Å². The van der Waals surface area contributed by atoms with Gasteiger partial charge in [-0.2, -0.15) is 0 Å². The highest BCUT2D eigenvalue weighted by molar-refractivity contribution is 7.80. The molecular formula is C12H18N2S. The van der Waals surface area contributed by atoms with Crippen molar-refractivity contribution in [2.75, 3.05) is 5.32 Å². The molecule has 0 amide bonds. The van der Waals surface area contributed by atoms with E-state index in [4.69, 9.17) is 18.0 Å². The molecule has 0 fully saturated rings. The molecule has 3 heteroatoms. The maximum absolute atomic E-state index is 5.43. The molecule has 0 saturated carbocycles. The summed E-state index contributed by atoms with van der Waals surface area (Å²) in [5, 5.41) is 3.28. The number of aryl methyl sites for hydroxylation is 2. The van der Waals surface area contributed by atoms with E-state index in [1.54, 1.807) is 0 Å². The summed E-state index contributed by atoms with van der Waals surface area (Å²) >= 11 is 4.81. The minimum Gasteiger partial charge on any atom is -0.376 e. The first-order valence-corrected chi connectivity index (χ1v) is 5.70. The Hall–Kier alpha value is -1.09. The number of thiocarbonyl (C=S) groups is 1. The number of unbranched alkanes of at least 4 members (excludes halogenated alkanes) is 1. The molecule has 3 N–H and O–H groups in total. The van der Waals surface area contributed by atoms with Gasteiger partial charge in [0, 0.05) is 5.69 Å². The number of nitrogens with one attached hydrogen (secondary N) is 1. The van der Waals surface area contributed by atoms with Crippen molar-refractivity contribution in [3.63, 3.8) is 0 Å². The zero-order valence-corrected chi connectivity index (χ0v) is 10.2. The summed E-state index contributed by atoms with van der Waals surface area (Å²) < 4.78 is 0. The number of rotatable bonds is 4. The van der Waals surface area contributed by atoms with E-state index < -0.39 is 0 Å². The van der Waals surface area contributed by atoms with Crippen LogP contribution in [0.3, 0.4) is 0 Å². The average Bonchev–Trinajstić information content (AvgIpc) is 2.18. The summed E-state index contributed by atoms with van der Waals surface area (Å²) in [6.07, 6.45) is 3.61. The second-order valence-electron chi connectivity index (χ2n) is 3.74. The van der Waals surface area contributed by atoms with Crippen LogP contribution in [0.25, 0.3) is 0 Å². The highest BCUT2D eigenvalue weighted by Gasteiger charge is 2.00. The smallest absolute Gasteiger partial charge is 0.168 e. The first-order valence-electron chi connectivity index (χ1n) is 5.29. The molecule has 2 nitrogen and oxygen atoms in total. The van der Waals surface area contributed by atoms with Gasteiger partial charge in [-0.25, -0.2) is 0 Å². The summed E-state index contributed by atoms with van der Waals surface area (Å²) in [7, 11) is 0. The standard InChI is InChI=1S/C12H18N2S/c1-3-4-5-10-6-7-11(9(2)8-10)14-12(13)15/h6-8H,3-5H2,1-2H3,(H3,13,14,15). The van der Waals surface area contributed by atoms with Crippen molar-refractivity contribution in [2.24, 2.45) is 5.73 Å². The topological polar surface area (TPSA) is 38.0 Å². The third-order valence-electron chi connectivity index (χ3n) is 2.37. The Balaban J connectivity index is 2.74. The van der Waals surface area contributed by atoms with Gasteiger partial charge in [0.15, 0.2) is 5.11 Å². The van der Waals surface area contributed by atoms with Gasteiger partial charge in [0.05, 0.1) is 0 Å². The number of benzene rings is 1. The molecule has 82 valence electrons. The van der Waals surface area contributed by atoms with Gasteiger partial charge < -0.3 is 11.1 Å². The van der Waals surface area contributed by atoms with E-state index in [0.717, 1.165) is 12.1 Å². The van der Waals surface area contributed by atoms with Gasteiger partial charge in [-0.15, -0.1) is 0 Å². The van der Waals surface area contributed by atoms with E-state index in [2.05, 4.69) is 31.3 Å². The van der Waals surface area contributed by atoms with E-state index in [0.29, 0.717) is 5.11 Å². The fourth-order valence-corrected chi connectivity index (χ4v) is 1.65. The predicted molar refractivity (Wildman–Crippen MR) is 70.2 cm³/mol. The van der Waals surface area contributed by atoms with Crippen molar-refractivity contribution in [1.29, 1.82) is 0 Å². The van der Waals surface area contributed by atoms with Gasteiger partial charge in [0.1, 0.15) is 0 Å². The highest BCUT2D eigenvalue weighted by Crippen LogP contribution is 2.17. The van der Waals surface area contributed by atoms with Crippen LogP contribution < -0.4 is 11.1 Å². The normalized spacial score (nSPS) is 10.0. The lowest BCUT2D eigenvalue weighted by Crippen LogP contribution is -2.19. The van der Waals surface area contributed by atoms with E-state index in [1.807, 2.05) is 6.07 Å². The SMILES string of the molecule is CCCCc1ccc(NC(N)=S)c(C)c1. The van der Waals surface area contributed by atoms with Gasteiger partial charge in [0.25, 0.3) is 0 Å². The molecule has 0 spiro atoms. The molecule has 1 aromatic carbocycles. The molecule has 0 aromatic heterocycles. The molecule has 0 bridgehead atoms. The Kier molecular flexibility index (Phi) is 4.56. The molecule has 0 radical (unpaired) electrons. The van der Waals surface area contributed by atoms with Crippen LogP contribution in [0.1, 0.15) is 30.9 Å². The lowest BCUT2D eigenvalue weighted by molar-refractivity contribution is 0.794. The fraction of sp³-hybridized carbons (Fsp3) is 0.417. The Morgan fingerprint density at radius 2 is 2.20 bits per heavy atom. The largest absolute Gasteiger partial charge is 0.376 e. The molecule has 0 atom stereocenters. The zero-order chi connectivity index (χ0) is 11.3. The minimum absolute atomic E-state index is 0.319. The summed E-state index contributed by atoms with van der Waals surface area (Å²) in [5.41, 5.74) is 9.00. The van der Waals surface area contributed by atoms with Crippen LogP contribution in [0.2, 0.25) is 0 Å². The van der Waals surface area contributed by atoms with E-state index >= 15 is 0 Å². The Morgan fingerprint density at radius 1 is 1.47 bits per heavy atom. The first kappa shape index (κ1) is 12.0. The minimum atomic E-state index is 0.319. The van der Waals surface area contributed by atoms with Crippen LogP contribution >= 0.6 is 12.2 Å². The van der Waals surface area contributed by atoms with Gasteiger partial charge in [-0.3, -0.25) is 0 Å². The number of anilines is 1. The lowest BCUT2D eigenvalue weighted by Gasteiger charge is -2.09. The van der Waals surface area contributed by atoms with Crippen LogP contribution in [0.5, 0.6) is 0 Å². The van der Waals surface area contributed by atoms with Crippen molar-refractivity contribution in [3.05, 3.63) is 29.3 Å². The van der Waals surface area contributed by atoms with Crippen LogP contribution in [0.4, 0.5) is 5.69 Å². The number of hydrogen-bond acceptors (Lipinski definition) is 1. The Labute approximate surface area is 96.9 Å². The predicted octanol–water partition coefficient (Wildman–Crippen LogP) is 2.99. The van der Waals surface area contributed by atoms with Crippen molar-refractivity contribution >= 4 is 23.0 Å². The monoisotopic (exact) mass is 222 g/mol.